The van der Waals surface area contributed by atoms with Crippen molar-refractivity contribution in [3.05, 3.63) is 12.7 Å². The summed E-state index contributed by atoms with van der Waals surface area (Å²) in [5.74, 6) is -1.59. The van der Waals surface area contributed by atoms with Crippen LogP contribution in [-0.4, -0.2) is 65.8 Å². The largest absolute Gasteiger partial charge is 0.481 e. The second-order valence-electron chi connectivity index (χ2n) is 4.98. The Kier molecular flexibility index (Phi) is 5.35. The first-order valence-corrected chi connectivity index (χ1v) is 6.35. The topological polar surface area (TPSA) is 70.1 Å². The van der Waals surface area contributed by atoms with Gasteiger partial charge in [0.1, 0.15) is 5.92 Å². The number of nitrogens with zero attached hydrogens (tertiary/aromatic N) is 2. The fourth-order valence-corrected chi connectivity index (χ4v) is 2.15. The predicted molar refractivity (Wildman–Crippen MR) is 70.9 cm³/mol. The molecule has 6 nitrogen and oxygen atoms in total. The van der Waals surface area contributed by atoms with Gasteiger partial charge in [-0.15, -0.1) is 6.58 Å². The van der Waals surface area contributed by atoms with E-state index < -0.39 is 17.9 Å². The Bertz CT molecular complexity index is 357. The molecule has 1 heterocycles. The molecule has 1 N–H and O–H groups in total. The first kappa shape index (κ1) is 15.5. The van der Waals surface area contributed by atoms with Crippen molar-refractivity contribution >= 4 is 12.0 Å². The van der Waals surface area contributed by atoms with Crippen LogP contribution in [0.4, 0.5) is 4.79 Å². The minimum absolute atomic E-state index is 0.0264. The van der Waals surface area contributed by atoms with Crippen molar-refractivity contribution in [2.75, 3.05) is 26.8 Å². The summed E-state index contributed by atoms with van der Waals surface area (Å²) in [7, 11) is 1.62. The van der Waals surface area contributed by atoms with Crippen molar-refractivity contribution in [3.8, 4) is 0 Å². The molecule has 108 valence electrons. The maximum Gasteiger partial charge on any atom is 0.320 e. The number of carboxylic acids is 1. The molecule has 0 aromatic rings. The highest BCUT2D eigenvalue weighted by atomic mass is 16.5. The summed E-state index contributed by atoms with van der Waals surface area (Å²) < 4.78 is 5.19. The van der Waals surface area contributed by atoms with E-state index in [2.05, 4.69) is 6.58 Å². The minimum Gasteiger partial charge on any atom is -0.481 e. The van der Waals surface area contributed by atoms with Crippen molar-refractivity contribution in [2.45, 2.75) is 25.9 Å². The summed E-state index contributed by atoms with van der Waals surface area (Å²) in [4.78, 5) is 26.6. The molecule has 1 saturated heterocycles. The SMILES string of the molecule is C=CCN(C(=O)N(C)C1COCC1C(=O)O)C(C)C. The summed E-state index contributed by atoms with van der Waals surface area (Å²) in [6.07, 6.45) is 1.66. The Morgan fingerprint density at radius 3 is 2.58 bits per heavy atom. The van der Waals surface area contributed by atoms with E-state index in [1.54, 1.807) is 18.0 Å². The maximum absolute atomic E-state index is 12.4. The minimum atomic E-state index is -0.929. The number of carboxylic acid groups (broad SMARTS) is 1. The normalized spacial score (nSPS) is 22.3. The number of amides is 2. The molecule has 1 aliphatic heterocycles. The third-order valence-corrected chi connectivity index (χ3v) is 3.36. The number of likely N-dealkylation sites (N-methyl/N-ethyl adjacent to an activating group) is 1. The third-order valence-electron chi connectivity index (χ3n) is 3.36. The van der Waals surface area contributed by atoms with E-state index in [0.717, 1.165) is 0 Å². The molecule has 0 spiro atoms. The lowest BCUT2D eigenvalue weighted by Gasteiger charge is -2.34. The van der Waals surface area contributed by atoms with Crippen LogP contribution in [0.15, 0.2) is 12.7 Å². The van der Waals surface area contributed by atoms with Gasteiger partial charge in [0.25, 0.3) is 0 Å². The van der Waals surface area contributed by atoms with Gasteiger partial charge in [-0.1, -0.05) is 6.08 Å². The molecule has 19 heavy (non-hydrogen) atoms. The van der Waals surface area contributed by atoms with Gasteiger partial charge in [-0.2, -0.15) is 0 Å². The molecular weight excluding hydrogens is 248 g/mol. The molecule has 0 aromatic heterocycles. The lowest BCUT2D eigenvalue weighted by Crippen LogP contribution is -2.51. The average Bonchev–Trinajstić information content (AvgIpc) is 2.83. The Hall–Kier alpha value is -1.56. The van der Waals surface area contributed by atoms with Crippen LogP contribution in [0.25, 0.3) is 0 Å². The van der Waals surface area contributed by atoms with E-state index in [1.807, 2.05) is 13.8 Å². The zero-order valence-electron chi connectivity index (χ0n) is 11.7. The molecule has 0 aromatic carbocycles. The van der Waals surface area contributed by atoms with Gasteiger partial charge in [0.15, 0.2) is 0 Å². The van der Waals surface area contributed by atoms with Gasteiger partial charge in [0.2, 0.25) is 0 Å². The van der Waals surface area contributed by atoms with E-state index in [4.69, 9.17) is 9.84 Å². The summed E-state index contributed by atoms with van der Waals surface area (Å²) in [5, 5.41) is 9.12. The molecule has 2 unspecified atom stereocenters. The van der Waals surface area contributed by atoms with Crippen molar-refractivity contribution in [1.29, 1.82) is 0 Å². The number of ether oxygens (including phenoxy) is 1. The van der Waals surface area contributed by atoms with Gasteiger partial charge in [0.05, 0.1) is 19.3 Å². The summed E-state index contributed by atoms with van der Waals surface area (Å²) in [5.41, 5.74) is 0. The van der Waals surface area contributed by atoms with Crippen LogP contribution in [0.5, 0.6) is 0 Å². The number of urea groups is 1. The molecule has 2 atom stereocenters. The number of carbonyl (C=O) groups excluding carboxylic acids is 1. The number of carbonyl (C=O) groups is 2. The highest BCUT2D eigenvalue weighted by Crippen LogP contribution is 2.20. The van der Waals surface area contributed by atoms with Crippen LogP contribution >= 0.6 is 0 Å². The molecule has 0 bridgehead atoms. The number of rotatable bonds is 5. The van der Waals surface area contributed by atoms with Crippen molar-refractivity contribution < 1.29 is 19.4 Å². The molecule has 1 rings (SSSR count). The Labute approximate surface area is 113 Å². The molecule has 1 fully saturated rings. The number of aliphatic carboxylic acids is 1. The van der Waals surface area contributed by atoms with Crippen LogP contribution in [0.3, 0.4) is 0 Å². The number of hydrogen-bond donors (Lipinski definition) is 1. The highest BCUT2D eigenvalue weighted by Gasteiger charge is 2.39. The standard InChI is InChI=1S/C13H22N2O4/c1-5-6-15(9(2)3)13(18)14(4)11-8-19-7-10(11)12(16)17/h5,9-11H,1,6-8H2,2-4H3,(H,16,17). The first-order chi connectivity index (χ1) is 8.90. The summed E-state index contributed by atoms with van der Waals surface area (Å²) in [6.45, 7) is 8.31. The van der Waals surface area contributed by atoms with Gasteiger partial charge < -0.3 is 19.6 Å². The van der Waals surface area contributed by atoms with Gasteiger partial charge in [-0.3, -0.25) is 4.79 Å². The lowest BCUT2D eigenvalue weighted by molar-refractivity contribution is -0.142. The van der Waals surface area contributed by atoms with Crippen LogP contribution in [0.1, 0.15) is 13.8 Å². The van der Waals surface area contributed by atoms with Crippen LogP contribution in [0.2, 0.25) is 0 Å². The quantitative estimate of drug-likeness (QED) is 0.758. The molecule has 2 amide bonds. The van der Waals surface area contributed by atoms with Crippen LogP contribution in [0, 0.1) is 5.92 Å². The smallest absolute Gasteiger partial charge is 0.320 e. The van der Waals surface area contributed by atoms with E-state index >= 15 is 0 Å². The van der Waals surface area contributed by atoms with Gasteiger partial charge >= 0.3 is 12.0 Å². The highest BCUT2D eigenvalue weighted by molar-refractivity contribution is 5.77. The molecule has 0 aliphatic carbocycles. The fraction of sp³-hybridized carbons (Fsp3) is 0.692. The maximum atomic E-state index is 12.4. The van der Waals surface area contributed by atoms with Crippen molar-refractivity contribution in [1.82, 2.24) is 9.80 Å². The Morgan fingerprint density at radius 1 is 1.47 bits per heavy atom. The molecule has 6 heteroatoms. The van der Waals surface area contributed by atoms with Gasteiger partial charge in [-0.25, -0.2) is 4.79 Å². The predicted octanol–water partition coefficient (Wildman–Crippen LogP) is 1.03. The number of hydrogen-bond acceptors (Lipinski definition) is 3. The zero-order valence-corrected chi connectivity index (χ0v) is 11.7. The van der Waals surface area contributed by atoms with E-state index in [-0.39, 0.29) is 25.3 Å². The first-order valence-electron chi connectivity index (χ1n) is 6.35. The average molecular weight is 270 g/mol. The summed E-state index contributed by atoms with van der Waals surface area (Å²) in [6, 6.07) is -0.591. The Morgan fingerprint density at radius 2 is 2.11 bits per heavy atom. The second-order valence-corrected chi connectivity index (χ2v) is 4.98. The second kappa shape index (κ2) is 6.56. The van der Waals surface area contributed by atoms with Crippen LogP contribution in [-0.2, 0) is 9.53 Å². The summed E-state index contributed by atoms with van der Waals surface area (Å²) >= 11 is 0. The fourth-order valence-electron chi connectivity index (χ4n) is 2.15. The van der Waals surface area contributed by atoms with Gasteiger partial charge in [0, 0.05) is 19.6 Å². The van der Waals surface area contributed by atoms with Gasteiger partial charge in [-0.05, 0) is 13.8 Å². The molecule has 0 saturated carbocycles. The molecular formula is C13H22N2O4. The van der Waals surface area contributed by atoms with Crippen LogP contribution < -0.4 is 0 Å². The van der Waals surface area contributed by atoms with E-state index in [1.165, 1.54) is 4.90 Å². The van der Waals surface area contributed by atoms with Crippen molar-refractivity contribution in [2.24, 2.45) is 5.92 Å². The molecule has 1 aliphatic rings. The third kappa shape index (κ3) is 3.47. The monoisotopic (exact) mass is 270 g/mol. The molecule has 0 radical (unpaired) electrons. The Balaban J connectivity index is 2.80. The van der Waals surface area contributed by atoms with Crippen molar-refractivity contribution in [3.63, 3.8) is 0 Å². The zero-order chi connectivity index (χ0) is 14.6. The lowest BCUT2D eigenvalue weighted by atomic mass is 10.0. The van der Waals surface area contributed by atoms with E-state index in [9.17, 15) is 9.59 Å². The van der Waals surface area contributed by atoms with E-state index in [0.29, 0.717) is 6.54 Å².